The van der Waals surface area contributed by atoms with E-state index in [-0.39, 0.29) is 15.6 Å². The van der Waals surface area contributed by atoms with Crippen molar-refractivity contribution in [2.45, 2.75) is 0 Å². The van der Waals surface area contributed by atoms with Crippen molar-refractivity contribution in [1.29, 1.82) is 0 Å². The first-order valence-electron chi connectivity index (χ1n) is 7.45. The maximum Gasteiger partial charge on any atom is 0.318 e. The minimum absolute atomic E-state index is 0.00552. The Morgan fingerprint density at radius 1 is 1.14 bits per heavy atom. The molecule has 2 aromatic rings. The highest BCUT2D eigenvalue weighted by molar-refractivity contribution is 8.18. The molecule has 1 aliphatic heterocycles. The van der Waals surface area contributed by atoms with E-state index in [0.717, 1.165) is 23.9 Å². The summed E-state index contributed by atoms with van der Waals surface area (Å²) in [7, 11) is 0. The molecule has 0 bridgehead atoms. The van der Waals surface area contributed by atoms with E-state index in [1.54, 1.807) is 0 Å². The van der Waals surface area contributed by atoms with Crippen molar-refractivity contribution < 1.29 is 24.1 Å². The number of aliphatic imine (C=N–C) groups is 1. The third-order valence-corrected chi connectivity index (χ3v) is 4.42. The van der Waals surface area contributed by atoms with E-state index in [4.69, 9.17) is 0 Å². The first-order chi connectivity index (χ1) is 13.2. The van der Waals surface area contributed by atoms with E-state index >= 15 is 0 Å². The summed E-state index contributed by atoms with van der Waals surface area (Å²) in [5.41, 5.74) is -1.36. The molecule has 0 unspecified atom stereocenters. The summed E-state index contributed by atoms with van der Waals surface area (Å²) in [6.07, 6.45) is 1.09. The molecule has 0 spiro atoms. The van der Waals surface area contributed by atoms with Crippen LogP contribution in [0.5, 0.6) is 5.75 Å². The Bertz CT molecular complexity index is 1070. The number of thioether (sulfide) groups is 1. The third kappa shape index (κ3) is 3.96. The number of phenolic OH excluding ortho intramolecular Hbond substituents is 1. The van der Waals surface area contributed by atoms with Crippen LogP contribution in [0.15, 0.2) is 46.3 Å². The zero-order chi connectivity index (χ0) is 20.4. The van der Waals surface area contributed by atoms with Gasteiger partial charge >= 0.3 is 5.69 Å². The number of nitrogens with one attached hydrogen (secondary N) is 1. The lowest BCUT2D eigenvalue weighted by molar-refractivity contribution is -0.394. The Labute approximate surface area is 159 Å². The van der Waals surface area contributed by atoms with Gasteiger partial charge in [-0.15, -0.1) is 0 Å². The molecule has 0 radical (unpaired) electrons. The third-order valence-electron chi connectivity index (χ3n) is 3.51. The second-order valence-corrected chi connectivity index (χ2v) is 6.41. The van der Waals surface area contributed by atoms with Gasteiger partial charge in [-0.3, -0.25) is 25.0 Å². The molecule has 1 heterocycles. The van der Waals surface area contributed by atoms with Crippen molar-refractivity contribution >= 4 is 46.0 Å². The standard InChI is InChI=1S/C16H9FN4O6S/c17-9-1-3-10(4-2-9)18-16-19-15(23)13(28-16)6-8-5-11(20(24)25)7-12(14(8)22)21(26)27/h1-7,22H,(H,18,19,23)/b13-6+. The van der Waals surface area contributed by atoms with Gasteiger partial charge in [0, 0.05) is 11.6 Å². The normalized spacial score (nSPS) is 16.4. The summed E-state index contributed by atoms with van der Waals surface area (Å²) >= 11 is 0.856. The van der Waals surface area contributed by atoms with Gasteiger partial charge in [-0.2, -0.15) is 0 Å². The van der Waals surface area contributed by atoms with Crippen molar-refractivity contribution in [3.63, 3.8) is 0 Å². The largest absolute Gasteiger partial charge is 0.502 e. The molecule has 10 nitrogen and oxygen atoms in total. The number of hydrogen-bond acceptors (Lipinski definition) is 8. The number of amidine groups is 1. The monoisotopic (exact) mass is 404 g/mol. The highest BCUT2D eigenvalue weighted by Gasteiger charge is 2.27. The summed E-state index contributed by atoms with van der Waals surface area (Å²) in [5, 5.41) is 34.6. The molecule has 0 aromatic heterocycles. The number of nitro benzene ring substituents is 2. The molecule has 1 aliphatic rings. The molecule has 12 heteroatoms. The van der Waals surface area contributed by atoms with Crippen molar-refractivity contribution in [1.82, 2.24) is 5.32 Å². The number of hydrogen-bond donors (Lipinski definition) is 2. The number of nitrogens with zero attached hydrogens (tertiary/aromatic N) is 3. The van der Waals surface area contributed by atoms with Crippen LogP contribution in [0.4, 0.5) is 21.5 Å². The molecule has 28 heavy (non-hydrogen) atoms. The van der Waals surface area contributed by atoms with Gasteiger partial charge in [0.05, 0.1) is 26.5 Å². The first-order valence-corrected chi connectivity index (χ1v) is 8.27. The summed E-state index contributed by atoms with van der Waals surface area (Å²) in [5.74, 6) is -1.87. The SMILES string of the molecule is O=C1NC(=Nc2ccc(F)cc2)S/C1=C/c1cc([N+](=O)[O-])cc([N+](=O)[O-])c1O. The van der Waals surface area contributed by atoms with E-state index in [9.17, 15) is 34.5 Å². The number of non-ortho nitro benzene ring substituents is 1. The number of rotatable bonds is 4. The number of carbonyl (C=O) groups is 1. The molecule has 1 amide bonds. The van der Waals surface area contributed by atoms with E-state index < -0.39 is 38.7 Å². The fourth-order valence-corrected chi connectivity index (χ4v) is 3.07. The van der Waals surface area contributed by atoms with Crippen LogP contribution < -0.4 is 5.32 Å². The highest BCUT2D eigenvalue weighted by Crippen LogP contribution is 2.37. The summed E-state index contributed by atoms with van der Waals surface area (Å²) < 4.78 is 12.9. The molecule has 0 saturated carbocycles. The summed E-state index contributed by atoms with van der Waals surface area (Å²) in [6.45, 7) is 0. The van der Waals surface area contributed by atoms with Crippen LogP contribution in [0.25, 0.3) is 6.08 Å². The molecule has 142 valence electrons. The Morgan fingerprint density at radius 2 is 1.82 bits per heavy atom. The molecular formula is C16H9FN4O6S. The van der Waals surface area contributed by atoms with E-state index in [1.807, 2.05) is 0 Å². The number of aromatic hydroxyl groups is 1. The molecule has 0 atom stereocenters. The van der Waals surface area contributed by atoms with Crippen LogP contribution in [0.1, 0.15) is 5.56 Å². The zero-order valence-electron chi connectivity index (χ0n) is 13.7. The predicted octanol–water partition coefficient (Wildman–Crippen LogP) is 3.24. The van der Waals surface area contributed by atoms with Crippen LogP contribution in [0.3, 0.4) is 0 Å². The predicted molar refractivity (Wildman–Crippen MR) is 98.6 cm³/mol. The minimum atomic E-state index is -0.965. The van der Waals surface area contributed by atoms with E-state index in [0.29, 0.717) is 11.8 Å². The smallest absolute Gasteiger partial charge is 0.318 e. The van der Waals surface area contributed by atoms with Gasteiger partial charge in [0.1, 0.15) is 5.82 Å². The second kappa shape index (κ2) is 7.44. The van der Waals surface area contributed by atoms with Crippen LogP contribution in [0.2, 0.25) is 0 Å². The fraction of sp³-hybridized carbons (Fsp3) is 0. The molecule has 0 aliphatic carbocycles. The lowest BCUT2D eigenvalue weighted by Crippen LogP contribution is -2.19. The Morgan fingerprint density at radius 3 is 2.43 bits per heavy atom. The number of amides is 1. The van der Waals surface area contributed by atoms with E-state index in [1.165, 1.54) is 24.3 Å². The number of phenols is 1. The number of halogens is 1. The minimum Gasteiger partial charge on any atom is -0.502 e. The topological polar surface area (TPSA) is 148 Å². The van der Waals surface area contributed by atoms with Crippen molar-refractivity contribution in [2.75, 3.05) is 0 Å². The Kier molecular flexibility index (Phi) is 5.04. The van der Waals surface area contributed by atoms with Crippen LogP contribution in [0, 0.1) is 26.0 Å². The highest BCUT2D eigenvalue weighted by atomic mass is 32.2. The van der Waals surface area contributed by atoms with Crippen LogP contribution >= 0.6 is 11.8 Å². The Balaban J connectivity index is 1.97. The molecule has 1 saturated heterocycles. The van der Waals surface area contributed by atoms with Crippen LogP contribution in [-0.4, -0.2) is 26.0 Å². The second-order valence-electron chi connectivity index (χ2n) is 5.38. The van der Waals surface area contributed by atoms with Crippen molar-refractivity contribution in [3.8, 4) is 5.75 Å². The quantitative estimate of drug-likeness (QED) is 0.451. The van der Waals surface area contributed by atoms with Crippen LogP contribution in [-0.2, 0) is 4.79 Å². The maximum atomic E-state index is 12.9. The molecular weight excluding hydrogens is 395 g/mol. The van der Waals surface area contributed by atoms with Gasteiger partial charge in [-0.25, -0.2) is 9.38 Å². The number of nitro groups is 2. The Hall–Kier alpha value is -3.80. The average Bonchev–Trinajstić information content (AvgIpc) is 2.97. The number of carbonyl (C=O) groups excluding carboxylic acids is 1. The first kappa shape index (κ1) is 19.0. The number of benzene rings is 2. The van der Waals surface area contributed by atoms with Gasteiger partial charge in [0.15, 0.2) is 5.17 Å². The van der Waals surface area contributed by atoms with Gasteiger partial charge in [-0.05, 0) is 42.1 Å². The zero-order valence-corrected chi connectivity index (χ0v) is 14.5. The van der Waals surface area contributed by atoms with Gasteiger partial charge in [0.2, 0.25) is 5.75 Å². The van der Waals surface area contributed by atoms with Crippen molar-refractivity contribution in [3.05, 3.63) is 72.9 Å². The fourth-order valence-electron chi connectivity index (χ4n) is 2.23. The lowest BCUT2D eigenvalue weighted by Gasteiger charge is -2.02. The maximum absolute atomic E-state index is 12.9. The average molecular weight is 404 g/mol. The van der Waals surface area contributed by atoms with Gasteiger partial charge < -0.3 is 10.4 Å². The van der Waals surface area contributed by atoms with E-state index in [2.05, 4.69) is 10.3 Å². The molecule has 3 rings (SSSR count). The molecule has 2 N–H and O–H groups in total. The summed E-state index contributed by atoms with van der Waals surface area (Å²) in [4.78, 5) is 36.4. The van der Waals surface area contributed by atoms with Crippen molar-refractivity contribution in [2.24, 2.45) is 4.99 Å². The summed E-state index contributed by atoms with van der Waals surface area (Å²) in [6, 6.07) is 6.72. The van der Waals surface area contributed by atoms with Gasteiger partial charge in [0.25, 0.3) is 11.6 Å². The molecule has 1 fully saturated rings. The lowest BCUT2D eigenvalue weighted by atomic mass is 10.1. The van der Waals surface area contributed by atoms with Gasteiger partial charge in [-0.1, -0.05) is 0 Å². The molecule has 2 aromatic carbocycles.